The van der Waals surface area contributed by atoms with Crippen molar-refractivity contribution < 1.29 is 4.90 Å². The lowest BCUT2D eigenvalue weighted by atomic mass is 9.99. The van der Waals surface area contributed by atoms with Crippen LogP contribution in [0.5, 0.6) is 0 Å². The van der Waals surface area contributed by atoms with Crippen molar-refractivity contribution in [2.75, 3.05) is 25.5 Å². The highest BCUT2D eigenvalue weighted by Crippen LogP contribution is 2.21. The molecule has 2 N–H and O–H groups in total. The van der Waals surface area contributed by atoms with Gasteiger partial charge < -0.3 is 15.1 Å². The minimum atomic E-state index is 0.783. The highest BCUT2D eigenvalue weighted by Gasteiger charge is 2.31. The van der Waals surface area contributed by atoms with Gasteiger partial charge in [0.1, 0.15) is 0 Å². The molecule has 0 bridgehead atoms. The number of halogens is 1. The highest BCUT2D eigenvalue weighted by atomic mass is 35.5. The second-order valence-corrected chi connectivity index (χ2v) is 8.88. The van der Waals surface area contributed by atoms with Crippen LogP contribution in [-0.4, -0.2) is 42.2 Å². The second kappa shape index (κ2) is 9.38. The third kappa shape index (κ3) is 5.11. The van der Waals surface area contributed by atoms with Crippen LogP contribution in [0.15, 0.2) is 18.2 Å². The maximum atomic E-state index is 6.22. The van der Waals surface area contributed by atoms with E-state index in [0.717, 1.165) is 46.6 Å². The van der Waals surface area contributed by atoms with Gasteiger partial charge in [0, 0.05) is 36.6 Å². The molecule has 1 saturated carbocycles. The molecule has 3 nitrogen and oxygen atoms in total. The predicted octanol–water partition coefficient (Wildman–Crippen LogP) is 4.05. The summed E-state index contributed by atoms with van der Waals surface area (Å²) in [6.45, 7) is 4.13. The molecule has 1 heterocycles. The van der Waals surface area contributed by atoms with Crippen molar-refractivity contribution in [3.63, 3.8) is 0 Å². The lowest BCUT2D eigenvalue weighted by Gasteiger charge is -2.38. The SMILES string of the molecule is Cc1ccc(NC(=S)N2CCC([NH+](C)C3CCCCCC3)CC2)cc1Cl. The molecule has 1 atom stereocenters. The Morgan fingerprint density at radius 2 is 1.69 bits per heavy atom. The summed E-state index contributed by atoms with van der Waals surface area (Å²) in [5, 5.41) is 4.97. The predicted molar refractivity (Wildman–Crippen MR) is 115 cm³/mol. The first-order chi connectivity index (χ1) is 12.5. The fourth-order valence-corrected chi connectivity index (χ4v) is 4.96. The number of anilines is 1. The maximum absolute atomic E-state index is 6.22. The summed E-state index contributed by atoms with van der Waals surface area (Å²) in [4.78, 5) is 4.09. The van der Waals surface area contributed by atoms with Crippen molar-refractivity contribution in [2.24, 2.45) is 0 Å². The quantitative estimate of drug-likeness (QED) is 0.596. The average Bonchev–Trinajstić information content (AvgIpc) is 2.94. The molecular formula is C21H33ClN3S+. The Hall–Kier alpha value is -0.840. The summed E-state index contributed by atoms with van der Waals surface area (Å²) in [5.74, 6) is 0. The molecule has 1 aromatic carbocycles. The number of piperidine rings is 1. The molecular weight excluding hydrogens is 362 g/mol. The fourth-order valence-electron chi connectivity index (χ4n) is 4.48. The molecule has 1 aromatic rings. The largest absolute Gasteiger partial charge is 0.349 e. The number of nitrogens with one attached hydrogen (secondary N) is 2. The number of quaternary nitrogens is 1. The van der Waals surface area contributed by atoms with Gasteiger partial charge in [-0.15, -0.1) is 0 Å². The minimum absolute atomic E-state index is 0.783. The number of benzene rings is 1. The molecule has 2 fully saturated rings. The number of hydrogen-bond acceptors (Lipinski definition) is 1. The van der Waals surface area contributed by atoms with E-state index in [9.17, 15) is 0 Å². The Labute approximate surface area is 169 Å². The van der Waals surface area contributed by atoms with Crippen LogP contribution in [0.2, 0.25) is 5.02 Å². The van der Waals surface area contributed by atoms with E-state index in [0.29, 0.717) is 0 Å². The Bertz CT molecular complexity index is 605. The Balaban J connectivity index is 1.49. The minimum Gasteiger partial charge on any atom is -0.349 e. The standard InChI is InChI=1S/C21H32ClN3S/c1-16-9-10-17(15-20(16)22)23-21(26)25-13-11-19(12-14-25)24(2)18-7-5-3-4-6-8-18/h9-10,15,18-19H,3-8,11-14H2,1-2H3,(H,23,26)/p+1. The van der Waals surface area contributed by atoms with Gasteiger partial charge in [-0.1, -0.05) is 30.5 Å². The lowest BCUT2D eigenvalue weighted by Crippen LogP contribution is -3.17. The molecule has 26 heavy (non-hydrogen) atoms. The number of likely N-dealkylation sites (tertiary alicyclic amines) is 1. The van der Waals surface area contributed by atoms with Crippen LogP contribution in [0.4, 0.5) is 5.69 Å². The van der Waals surface area contributed by atoms with E-state index < -0.39 is 0 Å². The van der Waals surface area contributed by atoms with Crippen molar-refractivity contribution in [1.82, 2.24) is 4.90 Å². The van der Waals surface area contributed by atoms with Gasteiger partial charge in [-0.25, -0.2) is 0 Å². The first-order valence-electron chi connectivity index (χ1n) is 10.2. The molecule has 144 valence electrons. The number of hydrogen-bond donors (Lipinski definition) is 2. The van der Waals surface area contributed by atoms with Crippen molar-refractivity contribution in [1.29, 1.82) is 0 Å². The third-order valence-electron chi connectivity index (χ3n) is 6.35. The van der Waals surface area contributed by atoms with Crippen molar-refractivity contribution >= 4 is 34.6 Å². The highest BCUT2D eigenvalue weighted by molar-refractivity contribution is 7.80. The van der Waals surface area contributed by atoms with Crippen molar-refractivity contribution in [3.05, 3.63) is 28.8 Å². The topological polar surface area (TPSA) is 19.7 Å². The van der Waals surface area contributed by atoms with Gasteiger partial charge >= 0.3 is 0 Å². The van der Waals surface area contributed by atoms with Crippen LogP contribution < -0.4 is 10.2 Å². The van der Waals surface area contributed by atoms with Crippen LogP contribution in [-0.2, 0) is 0 Å². The number of aryl methyl sites for hydroxylation is 1. The van der Waals surface area contributed by atoms with Gasteiger partial charge in [0.15, 0.2) is 5.11 Å². The lowest BCUT2D eigenvalue weighted by molar-refractivity contribution is -0.933. The summed E-state index contributed by atoms with van der Waals surface area (Å²) < 4.78 is 0. The fraction of sp³-hybridized carbons (Fsp3) is 0.667. The van der Waals surface area contributed by atoms with E-state index in [1.165, 1.54) is 51.4 Å². The smallest absolute Gasteiger partial charge is 0.173 e. The summed E-state index contributed by atoms with van der Waals surface area (Å²) >= 11 is 11.9. The van der Waals surface area contributed by atoms with E-state index in [1.54, 1.807) is 4.90 Å². The molecule has 0 spiro atoms. The average molecular weight is 395 g/mol. The normalized spacial score (nSPS) is 21.3. The second-order valence-electron chi connectivity index (χ2n) is 8.09. The molecule has 0 radical (unpaired) electrons. The summed E-state index contributed by atoms with van der Waals surface area (Å²) in [7, 11) is 2.43. The van der Waals surface area contributed by atoms with E-state index in [4.69, 9.17) is 23.8 Å². The zero-order chi connectivity index (χ0) is 18.5. The van der Waals surface area contributed by atoms with E-state index >= 15 is 0 Å². The molecule has 3 rings (SSSR count). The third-order valence-corrected chi connectivity index (χ3v) is 7.12. The zero-order valence-electron chi connectivity index (χ0n) is 16.2. The number of rotatable bonds is 3. The van der Waals surface area contributed by atoms with Crippen LogP contribution >= 0.6 is 23.8 Å². The van der Waals surface area contributed by atoms with Crippen LogP contribution in [0.3, 0.4) is 0 Å². The molecule has 0 amide bonds. The van der Waals surface area contributed by atoms with Gasteiger partial charge in [-0.3, -0.25) is 0 Å². The van der Waals surface area contributed by atoms with E-state index in [2.05, 4.69) is 17.3 Å². The zero-order valence-corrected chi connectivity index (χ0v) is 17.8. The number of nitrogens with zero attached hydrogens (tertiary/aromatic N) is 1. The summed E-state index contributed by atoms with van der Waals surface area (Å²) in [6.07, 6.45) is 11.0. The van der Waals surface area contributed by atoms with E-state index in [-0.39, 0.29) is 0 Å². The van der Waals surface area contributed by atoms with Gasteiger partial charge in [-0.2, -0.15) is 0 Å². The Kier molecular flexibility index (Phi) is 7.19. The molecule has 5 heteroatoms. The molecule has 1 unspecified atom stereocenters. The first kappa shape index (κ1) is 19.9. The summed E-state index contributed by atoms with van der Waals surface area (Å²) in [5.41, 5.74) is 2.07. The van der Waals surface area contributed by atoms with Gasteiger partial charge in [-0.05, 0) is 62.5 Å². The van der Waals surface area contributed by atoms with Gasteiger partial charge in [0.2, 0.25) is 0 Å². The Morgan fingerprint density at radius 3 is 2.31 bits per heavy atom. The van der Waals surface area contributed by atoms with Crippen LogP contribution in [0, 0.1) is 6.92 Å². The van der Waals surface area contributed by atoms with E-state index in [1.807, 2.05) is 25.1 Å². The summed E-state index contributed by atoms with van der Waals surface area (Å²) in [6, 6.07) is 7.69. The number of thiocarbonyl (C=S) groups is 1. The van der Waals surface area contributed by atoms with Gasteiger partial charge in [0.25, 0.3) is 0 Å². The van der Waals surface area contributed by atoms with Crippen molar-refractivity contribution in [3.8, 4) is 0 Å². The Morgan fingerprint density at radius 1 is 1.08 bits per heavy atom. The van der Waals surface area contributed by atoms with Gasteiger partial charge in [0.05, 0.1) is 19.1 Å². The molecule has 1 aliphatic carbocycles. The van der Waals surface area contributed by atoms with Crippen LogP contribution in [0.25, 0.3) is 0 Å². The maximum Gasteiger partial charge on any atom is 0.173 e. The van der Waals surface area contributed by atoms with Crippen LogP contribution in [0.1, 0.15) is 56.9 Å². The molecule has 1 saturated heterocycles. The molecule has 2 aliphatic rings. The molecule has 1 aliphatic heterocycles. The first-order valence-corrected chi connectivity index (χ1v) is 11.0. The monoisotopic (exact) mass is 394 g/mol. The molecule has 0 aromatic heterocycles. The van der Waals surface area contributed by atoms with Crippen molar-refractivity contribution in [2.45, 2.75) is 70.4 Å².